The zero-order valence-electron chi connectivity index (χ0n) is 16.3. The van der Waals surface area contributed by atoms with Crippen LogP contribution in [-0.2, 0) is 17.8 Å². The summed E-state index contributed by atoms with van der Waals surface area (Å²) in [5.74, 6) is 3.23. The quantitative estimate of drug-likeness (QED) is 0.719. The van der Waals surface area contributed by atoms with E-state index in [1.165, 1.54) is 10.4 Å². The van der Waals surface area contributed by atoms with Crippen LogP contribution in [0, 0.1) is 27.7 Å². The molecular formula is C19H25N5O2S. The largest absolute Gasteiger partial charge is 0.444 e. The van der Waals surface area contributed by atoms with E-state index in [1.54, 1.807) is 11.3 Å². The SMILES string of the molecule is Cc1nc(CNc2nc(CN3CCOCC3)nc3sc(C)c(C)c23)oc1C. The average molecular weight is 388 g/mol. The Morgan fingerprint density at radius 1 is 1.07 bits per heavy atom. The number of nitrogens with zero attached hydrogens (tertiary/aromatic N) is 4. The zero-order chi connectivity index (χ0) is 19.0. The Hall–Kier alpha value is -2.03. The molecule has 3 aromatic rings. The average Bonchev–Trinajstić information content (AvgIpc) is 3.12. The molecule has 0 atom stereocenters. The Bertz CT molecular complexity index is 939. The lowest BCUT2D eigenvalue weighted by atomic mass is 10.2. The number of oxazole rings is 1. The maximum atomic E-state index is 5.70. The van der Waals surface area contributed by atoms with Crippen molar-refractivity contribution < 1.29 is 9.15 Å². The van der Waals surface area contributed by atoms with Gasteiger partial charge in [-0.05, 0) is 33.3 Å². The minimum absolute atomic E-state index is 0.506. The van der Waals surface area contributed by atoms with Crippen LogP contribution in [0.3, 0.4) is 0 Å². The van der Waals surface area contributed by atoms with Crippen molar-refractivity contribution in [1.82, 2.24) is 19.9 Å². The van der Waals surface area contributed by atoms with Crippen molar-refractivity contribution in [2.75, 3.05) is 31.6 Å². The first kappa shape index (κ1) is 18.3. The minimum atomic E-state index is 0.506. The van der Waals surface area contributed by atoms with Crippen molar-refractivity contribution in [1.29, 1.82) is 0 Å². The Morgan fingerprint density at radius 2 is 1.85 bits per heavy atom. The van der Waals surface area contributed by atoms with Crippen LogP contribution in [-0.4, -0.2) is 46.2 Å². The number of anilines is 1. The number of fused-ring (bicyclic) bond motifs is 1. The normalized spacial score (nSPS) is 15.6. The van der Waals surface area contributed by atoms with E-state index in [0.29, 0.717) is 12.4 Å². The van der Waals surface area contributed by atoms with Crippen molar-refractivity contribution in [2.24, 2.45) is 0 Å². The molecule has 0 aromatic carbocycles. The molecule has 4 heterocycles. The highest BCUT2D eigenvalue weighted by Crippen LogP contribution is 2.33. The molecule has 0 unspecified atom stereocenters. The summed E-state index contributed by atoms with van der Waals surface area (Å²) in [6.45, 7) is 12.8. The Balaban J connectivity index is 1.63. The van der Waals surface area contributed by atoms with Crippen molar-refractivity contribution in [3.63, 3.8) is 0 Å². The van der Waals surface area contributed by atoms with Crippen molar-refractivity contribution in [2.45, 2.75) is 40.8 Å². The lowest BCUT2D eigenvalue weighted by Crippen LogP contribution is -2.36. The molecule has 0 bridgehead atoms. The predicted molar refractivity (Wildman–Crippen MR) is 106 cm³/mol. The van der Waals surface area contributed by atoms with Crippen LogP contribution in [0.5, 0.6) is 0 Å². The molecule has 0 aliphatic carbocycles. The van der Waals surface area contributed by atoms with Gasteiger partial charge in [0.25, 0.3) is 0 Å². The molecule has 144 valence electrons. The molecule has 0 spiro atoms. The van der Waals surface area contributed by atoms with Crippen LogP contribution in [0.25, 0.3) is 10.2 Å². The van der Waals surface area contributed by atoms with Crippen LogP contribution in [0.15, 0.2) is 4.42 Å². The lowest BCUT2D eigenvalue weighted by molar-refractivity contribution is 0.0331. The number of aryl methyl sites for hydroxylation is 4. The van der Waals surface area contributed by atoms with E-state index in [-0.39, 0.29) is 0 Å². The maximum Gasteiger partial charge on any atom is 0.213 e. The van der Waals surface area contributed by atoms with Gasteiger partial charge < -0.3 is 14.5 Å². The lowest BCUT2D eigenvalue weighted by Gasteiger charge is -2.25. The van der Waals surface area contributed by atoms with Gasteiger partial charge in [-0.2, -0.15) is 0 Å². The Labute approximate surface area is 162 Å². The van der Waals surface area contributed by atoms with E-state index in [2.05, 4.69) is 29.0 Å². The monoisotopic (exact) mass is 387 g/mol. The summed E-state index contributed by atoms with van der Waals surface area (Å²) >= 11 is 1.72. The first-order valence-electron chi connectivity index (χ1n) is 9.24. The number of thiophene rings is 1. The predicted octanol–water partition coefficient (Wildman–Crippen LogP) is 3.36. The number of ether oxygens (including phenoxy) is 1. The maximum absolute atomic E-state index is 5.70. The van der Waals surface area contributed by atoms with Crippen molar-refractivity contribution in [3.8, 4) is 0 Å². The van der Waals surface area contributed by atoms with Crippen molar-refractivity contribution in [3.05, 3.63) is 33.6 Å². The highest BCUT2D eigenvalue weighted by Gasteiger charge is 2.18. The molecule has 0 amide bonds. The summed E-state index contributed by atoms with van der Waals surface area (Å²) in [4.78, 5) is 18.8. The summed E-state index contributed by atoms with van der Waals surface area (Å²) < 4.78 is 11.1. The second kappa shape index (κ2) is 7.53. The van der Waals surface area contributed by atoms with Crippen LogP contribution in [0.4, 0.5) is 5.82 Å². The van der Waals surface area contributed by atoms with Gasteiger partial charge in [0.05, 0.1) is 37.4 Å². The highest BCUT2D eigenvalue weighted by molar-refractivity contribution is 7.18. The summed E-state index contributed by atoms with van der Waals surface area (Å²) in [5.41, 5.74) is 2.16. The second-order valence-corrected chi connectivity index (χ2v) is 8.15. The number of morpholine rings is 1. The smallest absolute Gasteiger partial charge is 0.213 e. The van der Waals surface area contributed by atoms with Crippen LogP contribution >= 0.6 is 11.3 Å². The van der Waals surface area contributed by atoms with Crippen LogP contribution < -0.4 is 5.32 Å². The summed E-state index contributed by atoms with van der Waals surface area (Å²) in [5, 5.41) is 4.53. The van der Waals surface area contributed by atoms with Crippen LogP contribution in [0.1, 0.15) is 33.6 Å². The third-order valence-corrected chi connectivity index (χ3v) is 6.12. The molecule has 27 heavy (non-hydrogen) atoms. The molecule has 7 nitrogen and oxygen atoms in total. The number of hydrogen-bond donors (Lipinski definition) is 1. The minimum Gasteiger partial charge on any atom is -0.444 e. The van der Waals surface area contributed by atoms with E-state index in [4.69, 9.17) is 19.1 Å². The molecule has 3 aromatic heterocycles. The second-order valence-electron chi connectivity index (χ2n) is 6.94. The third kappa shape index (κ3) is 3.83. The molecular weight excluding hydrogens is 362 g/mol. The van der Waals surface area contributed by atoms with Gasteiger partial charge in [0.1, 0.15) is 22.2 Å². The fourth-order valence-electron chi connectivity index (χ4n) is 3.23. The number of rotatable bonds is 5. The fraction of sp³-hybridized carbons (Fsp3) is 0.526. The standard InChI is InChI=1S/C19H25N5O2S/c1-11-14(4)27-19-17(11)18(20-9-16-21-12(2)13(3)26-16)22-15(23-19)10-24-5-7-25-8-6-24/h5-10H2,1-4H3,(H,20,22,23). The summed E-state index contributed by atoms with van der Waals surface area (Å²) in [6, 6.07) is 0. The van der Waals surface area contributed by atoms with E-state index in [1.807, 2.05) is 13.8 Å². The van der Waals surface area contributed by atoms with Gasteiger partial charge in [-0.3, -0.25) is 4.90 Å². The molecule has 1 N–H and O–H groups in total. The molecule has 8 heteroatoms. The highest BCUT2D eigenvalue weighted by atomic mass is 32.1. The van der Waals surface area contributed by atoms with Gasteiger partial charge in [-0.1, -0.05) is 0 Å². The molecule has 0 radical (unpaired) electrons. The summed E-state index contributed by atoms with van der Waals surface area (Å²) in [6.07, 6.45) is 0. The third-order valence-electron chi connectivity index (χ3n) is 5.02. The molecule has 1 fully saturated rings. The van der Waals surface area contributed by atoms with Crippen molar-refractivity contribution >= 4 is 27.4 Å². The molecule has 1 aliphatic heterocycles. The van der Waals surface area contributed by atoms with Gasteiger partial charge >= 0.3 is 0 Å². The summed E-state index contributed by atoms with van der Waals surface area (Å²) in [7, 11) is 0. The van der Waals surface area contributed by atoms with E-state index in [9.17, 15) is 0 Å². The van der Waals surface area contributed by atoms with Gasteiger partial charge in [0.2, 0.25) is 5.89 Å². The number of nitrogens with one attached hydrogen (secondary N) is 1. The van der Waals surface area contributed by atoms with Gasteiger partial charge in [-0.15, -0.1) is 11.3 Å². The zero-order valence-corrected chi connectivity index (χ0v) is 17.1. The number of hydrogen-bond acceptors (Lipinski definition) is 8. The van der Waals surface area contributed by atoms with E-state index >= 15 is 0 Å². The van der Waals surface area contributed by atoms with Gasteiger partial charge in [0.15, 0.2) is 0 Å². The Kier molecular flexibility index (Phi) is 5.12. The molecule has 1 aliphatic rings. The first-order valence-corrected chi connectivity index (χ1v) is 10.1. The topological polar surface area (TPSA) is 76.3 Å². The molecule has 4 rings (SSSR count). The molecule has 0 saturated carbocycles. The van der Waals surface area contributed by atoms with E-state index in [0.717, 1.165) is 66.2 Å². The van der Waals surface area contributed by atoms with E-state index < -0.39 is 0 Å². The first-order chi connectivity index (χ1) is 13.0. The number of aromatic nitrogens is 3. The van der Waals surface area contributed by atoms with Gasteiger partial charge in [-0.25, -0.2) is 15.0 Å². The van der Waals surface area contributed by atoms with Gasteiger partial charge in [0, 0.05) is 18.0 Å². The Morgan fingerprint density at radius 3 is 2.56 bits per heavy atom. The molecule has 1 saturated heterocycles. The fourth-order valence-corrected chi connectivity index (χ4v) is 4.27. The van der Waals surface area contributed by atoms with Crippen LogP contribution in [0.2, 0.25) is 0 Å².